The topological polar surface area (TPSA) is 108 Å². The molecule has 136 valence electrons. The quantitative estimate of drug-likeness (QED) is 0.454. The summed E-state index contributed by atoms with van der Waals surface area (Å²) in [4.78, 5) is 36.6. The molecule has 0 spiro atoms. The smallest absolute Gasteiger partial charge is 0.339 e. The van der Waals surface area contributed by atoms with Gasteiger partial charge in [0.25, 0.3) is 0 Å². The molecule has 0 atom stereocenters. The van der Waals surface area contributed by atoms with E-state index in [4.69, 9.17) is 10.5 Å². The van der Waals surface area contributed by atoms with Gasteiger partial charge in [-0.3, -0.25) is 4.79 Å². The highest BCUT2D eigenvalue weighted by atomic mass is 32.2. The molecule has 0 aliphatic rings. The lowest BCUT2D eigenvalue weighted by Gasteiger charge is -2.11. The van der Waals surface area contributed by atoms with Gasteiger partial charge in [-0.15, -0.1) is 11.8 Å². The van der Waals surface area contributed by atoms with Crippen LogP contribution in [-0.4, -0.2) is 37.8 Å². The second kappa shape index (κ2) is 8.91. The average molecular weight is 374 g/mol. The second-order valence-electron chi connectivity index (χ2n) is 5.12. The SMILES string of the molecule is COC(=O)c1ccc(C(=O)OC)c(NC(=O)CSc2ccccc2N)c1. The molecule has 0 unspecified atom stereocenters. The summed E-state index contributed by atoms with van der Waals surface area (Å²) >= 11 is 1.26. The highest BCUT2D eigenvalue weighted by Crippen LogP contribution is 2.25. The first-order valence-electron chi connectivity index (χ1n) is 7.54. The van der Waals surface area contributed by atoms with Crippen molar-refractivity contribution in [3.05, 3.63) is 53.6 Å². The van der Waals surface area contributed by atoms with Crippen LogP contribution in [-0.2, 0) is 14.3 Å². The van der Waals surface area contributed by atoms with E-state index in [1.165, 1.54) is 44.2 Å². The predicted octanol–water partition coefficient (Wildman–Crippen LogP) is 2.57. The number of hydrogen-bond acceptors (Lipinski definition) is 7. The monoisotopic (exact) mass is 374 g/mol. The minimum atomic E-state index is -0.628. The van der Waals surface area contributed by atoms with Gasteiger partial charge < -0.3 is 20.5 Å². The van der Waals surface area contributed by atoms with E-state index in [9.17, 15) is 14.4 Å². The Balaban J connectivity index is 2.17. The Hall–Kier alpha value is -3.00. The summed E-state index contributed by atoms with van der Waals surface area (Å²) in [5.74, 6) is -1.48. The van der Waals surface area contributed by atoms with Crippen LogP contribution in [0, 0.1) is 0 Å². The predicted molar refractivity (Wildman–Crippen MR) is 99.3 cm³/mol. The molecule has 0 bridgehead atoms. The second-order valence-corrected chi connectivity index (χ2v) is 6.14. The van der Waals surface area contributed by atoms with Crippen LogP contribution in [0.1, 0.15) is 20.7 Å². The van der Waals surface area contributed by atoms with Crippen LogP contribution in [0.4, 0.5) is 11.4 Å². The maximum absolute atomic E-state index is 12.3. The third-order valence-electron chi connectivity index (χ3n) is 3.40. The number of esters is 2. The van der Waals surface area contributed by atoms with Crippen molar-refractivity contribution in [1.82, 2.24) is 0 Å². The molecule has 0 aromatic heterocycles. The Labute approximate surface area is 154 Å². The van der Waals surface area contributed by atoms with E-state index in [0.717, 1.165) is 4.90 Å². The van der Waals surface area contributed by atoms with Crippen molar-refractivity contribution in [1.29, 1.82) is 0 Å². The number of para-hydroxylation sites is 1. The Morgan fingerprint density at radius 3 is 2.38 bits per heavy atom. The number of hydrogen-bond donors (Lipinski definition) is 2. The minimum absolute atomic E-state index is 0.0806. The van der Waals surface area contributed by atoms with Crippen molar-refractivity contribution in [3.8, 4) is 0 Å². The molecule has 1 amide bonds. The molecule has 0 heterocycles. The molecule has 7 nitrogen and oxygen atoms in total. The lowest BCUT2D eigenvalue weighted by atomic mass is 10.1. The fourth-order valence-electron chi connectivity index (χ4n) is 2.12. The van der Waals surface area contributed by atoms with Crippen LogP contribution in [0.3, 0.4) is 0 Å². The summed E-state index contributed by atoms with van der Waals surface area (Å²) in [5.41, 5.74) is 6.94. The highest BCUT2D eigenvalue weighted by molar-refractivity contribution is 8.00. The zero-order valence-electron chi connectivity index (χ0n) is 14.3. The van der Waals surface area contributed by atoms with E-state index in [1.54, 1.807) is 12.1 Å². The molecule has 2 rings (SSSR count). The van der Waals surface area contributed by atoms with Crippen LogP contribution in [0.25, 0.3) is 0 Å². The maximum Gasteiger partial charge on any atom is 0.339 e. The van der Waals surface area contributed by atoms with Gasteiger partial charge in [-0.05, 0) is 30.3 Å². The number of thioether (sulfide) groups is 1. The zero-order valence-corrected chi connectivity index (χ0v) is 15.1. The molecule has 2 aromatic carbocycles. The molecule has 3 N–H and O–H groups in total. The Morgan fingerprint density at radius 1 is 1.04 bits per heavy atom. The van der Waals surface area contributed by atoms with Crippen LogP contribution in [0.2, 0.25) is 0 Å². The van der Waals surface area contributed by atoms with E-state index in [2.05, 4.69) is 10.1 Å². The highest BCUT2D eigenvalue weighted by Gasteiger charge is 2.17. The van der Waals surface area contributed by atoms with Crippen LogP contribution >= 0.6 is 11.8 Å². The number of nitrogen functional groups attached to an aromatic ring is 1. The van der Waals surface area contributed by atoms with Crippen molar-refractivity contribution < 1.29 is 23.9 Å². The Bertz CT molecular complexity index is 838. The number of nitrogens with two attached hydrogens (primary N) is 1. The largest absolute Gasteiger partial charge is 0.465 e. The summed E-state index contributed by atoms with van der Waals surface area (Å²) in [7, 11) is 2.48. The lowest BCUT2D eigenvalue weighted by Crippen LogP contribution is -2.18. The first-order chi connectivity index (χ1) is 12.5. The standard InChI is InChI=1S/C18H18N2O5S/c1-24-17(22)11-7-8-12(18(23)25-2)14(9-11)20-16(21)10-26-15-6-4-3-5-13(15)19/h3-9H,10,19H2,1-2H3,(H,20,21). The van der Waals surface area contributed by atoms with Gasteiger partial charge in [-0.2, -0.15) is 0 Å². The fraction of sp³-hybridized carbons (Fsp3) is 0.167. The number of amides is 1. The lowest BCUT2D eigenvalue weighted by molar-refractivity contribution is -0.113. The van der Waals surface area contributed by atoms with Crippen molar-refractivity contribution in [3.63, 3.8) is 0 Å². The van der Waals surface area contributed by atoms with E-state index >= 15 is 0 Å². The molecular weight excluding hydrogens is 356 g/mol. The van der Waals surface area contributed by atoms with E-state index < -0.39 is 11.9 Å². The Kier molecular flexibility index (Phi) is 6.62. The van der Waals surface area contributed by atoms with Gasteiger partial charge >= 0.3 is 11.9 Å². The number of methoxy groups -OCH3 is 2. The van der Waals surface area contributed by atoms with Gasteiger partial charge in [0.1, 0.15) is 0 Å². The van der Waals surface area contributed by atoms with Crippen molar-refractivity contribution in [2.75, 3.05) is 31.0 Å². The normalized spacial score (nSPS) is 10.1. The summed E-state index contributed by atoms with van der Waals surface area (Å²) in [5, 5.41) is 2.63. The number of anilines is 2. The third-order valence-corrected chi connectivity index (χ3v) is 4.49. The van der Waals surface area contributed by atoms with Gasteiger partial charge in [-0.25, -0.2) is 9.59 Å². The number of rotatable bonds is 6. The van der Waals surface area contributed by atoms with Gasteiger partial charge in [0.05, 0.1) is 36.8 Å². The number of carbonyl (C=O) groups is 3. The van der Waals surface area contributed by atoms with E-state index in [-0.39, 0.29) is 28.5 Å². The summed E-state index contributed by atoms with van der Waals surface area (Å²) in [6, 6.07) is 11.4. The molecule has 0 aliphatic heterocycles. The van der Waals surface area contributed by atoms with Gasteiger partial charge in [0.15, 0.2) is 0 Å². The maximum atomic E-state index is 12.3. The fourth-order valence-corrected chi connectivity index (χ4v) is 2.89. The molecular formula is C18H18N2O5S. The molecule has 0 aliphatic carbocycles. The summed E-state index contributed by atoms with van der Waals surface area (Å²) in [6.45, 7) is 0. The van der Waals surface area contributed by atoms with Crippen molar-refractivity contribution >= 4 is 41.0 Å². The van der Waals surface area contributed by atoms with Crippen LogP contribution in [0.15, 0.2) is 47.4 Å². The summed E-state index contributed by atoms with van der Waals surface area (Å²) < 4.78 is 9.36. The molecule has 0 fully saturated rings. The molecule has 0 saturated carbocycles. The molecule has 0 saturated heterocycles. The van der Waals surface area contributed by atoms with E-state index in [0.29, 0.717) is 5.69 Å². The van der Waals surface area contributed by atoms with Gasteiger partial charge in [-0.1, -0.05) is 12.1 Å². The van der Waals surface area contributed by atoms with Crippen LogP contribution < -0.4 is 11.1 Å². The Morgan fingerprint density at radius 2 is 1.73 bits per heavy atom. The number of carbonyl (C=O) groups excluding carboxylic acids is 3. The molecule has 0 radical (unpaired) electrons. The average Bonchev–Trinajstić information content (AvgIpc) is 2.66. The first kappa shape index (κ1) is 19.3. The molecule has 8 heteroatoms. The third kappa shape index (κ3) is 4.76. The number of ether oxygens (including phenoxy) is 2. The van der Waals surface area contributed by atoms with Crippen molar-refractivity contribution in [2.45, 2.75) is 4.90 Å². The number of benzene rings is 2. The van der Waals surface area contributed by atoms with Crippen molar-refractivity contribution in [2.24, 2.45) is 0 Å². The molecule has 26 heavy (non-hydrogen) atoms. The minimum Gasteiger partial charge on any atom is -0.465 e. The summed E-state index contributed by atoms with van der Waals surface area (Å²) in [6.07, 6.45) is 0. The first-order valence-corrected chi connectivity index (χ1v) is 8.52. The zero-order chi connectivity index (χ0) is 19.1. The van der Waals surface area contributed by atoms with Crippen LogP contribution in [0.5, 0.6) is 0 Å². The van der Waals surface area contributed by atoms with Gasteiger partial charge in [0.2, 0.25) is 5.91 Å². The molecule has 2 aromatic rings. The van der Waals surface area contributed by atoms with Gasteiger partial charge in [0, 0.05) is 10.6 Å². The van der Waals surface area contributed by atoms with E-state index in [1.807, 2.05) is 12.1 Å². The number of nitrogens with one attached hydrogen (secondary N) is 1.